The summed E-state index contributed by atoms with van der Waals surface area (Å²) in [6.07, 6.45) is 5.24. The van der Waals surface area contributed by atoms with E-state index in [2.05, 4.69) is 42.7 Å². The maximum Gasteiger partial charge on any atom is 0.333 e. The molecular formula is C23H35IO5. The van der Waals surface area contributed by atoms with Gasteiger partial charge in [-0.25, -0.2) is 4.79 Å². The molecule has 1 aliphatic rings. The highest BCUT2D eigenvalue weighted by molar-refractivity contribution is 14.1. The highest BCUT2D eigenvalue weighted by atomic mass is 127. The molecule has 0 aromatic carbocycles. The van der Waals surface area contributed by atoms with Crippen molar-refractivity contribution in [3.8, 4) is 0 Å². The van der Waals surface area contributed by atoms with Crippen molar-refractivity contribution in [1.82, 2.24) is 0 Å². The average molecular weight is 518 g/mol. The Bertz CT molecular complexity index is 644. The highest BCUT2D eigenvalue weighted by Crippen LogP contribution is 2.32. The lowest BCUT2D eigenvalue weighted by molar-refractivity contribution is -0.153. The number of hydrogen-bond donors (Lipinski definition) is 0. The fourth-order valence-electron chi connectivity index (χ4n) is 2.88. The van der Waals surface area contributed by atoms with Crippen molar-refractivity contribution in [3.63, 3.8) is 0 Å². The quantitative estimate of drug-likeness (QED) is 0.125. The molecule has 164 valence electrons. The van der Waals surface area contributed by atoms with Crippen molar-refractivity contribution >= 4 is 34.5 Å². The minimum atomic E-state index is -0.485. The van der Waals surface area contributed by atoms with Crippen LogP contribution in [0, 0.1) is 11.3 Å². The maximum atomic E-state index is 12.2. The van der Waals surface area contributed by atoms with Gasteiger partial charge in [-0.1, -0.05) is 26.2 Å². The Morgan fingerprint density at radius 1 is 1.38 bits per heavy atom. The second kappa shape index (κ2) is 11.9. The third kappa shape index (κ3) is 9.03. The molecule has 5 nitrogen and oxygen atoms in total. The summed E-state index contributed by atoms with van der Waals surface area (Å²) in [4.78, 5) is 24.0. The first-order chi connectivity index (χ1) is 13.5. The smallest absolute Gasteiger partial charge is 0.333 e. The molecule has 0 aliphatic carbocycles. The van der Waals surface area contributed by atoms with Crippen LogP contribution in [0.25, 0.3) is 0 Å². The molecule has 0 N–H and O–H groups in total. The Balaban J connectivity index is 2.56. The fourth-order valence-corrected chi connectivity index (χ4v) is 3.14. The molecule has 1 saturated heterocycles. The maximum absolute atomic E-state index is 12.2. The lowest BCUT2D eigenvalue weighted by atomic mass is 9.97. The molecule has 0 bridgehead atoms. The van der Waals surface area contributed by atoms with Gasteiger partial charge in [0.05, 0.1) is 31.3 Å². The monoisotopic (exact) mass is 518 g/mol. The summed E-state index contributed by atoms with van der Waals surface area (Å²) < 4.78 is 17.4. The summed E-state index contributed by atoms with van der Waals surface area (Å²) in [6, 6.07) is 0. The number of allylic oxidation sites excluding steroid dienone is 2. The summed E-state index contributed by atoms with van der Waals surface area (Å²) in [5.74, 6) is -0.236. The standard InChI is InChI=1S/C23H35IO5/c1-15(17(3)24)10-11-18(21(25)27-7)14-20-16(2)13-19(29-20)9-8-12-28-22(26)23(4,5)6/h11,15,19-20H,2-3,8-10,12-14H2,1,4-7H3/b18-11+/t15-,19+,20+/m1/s1. The second-order valence-corrected chi connectivity index (χ2v) is 10.0. The van der Waals surface area contributed by atoms with Gasteiger partial charge in [-0.05, 0) is 84.1 Å². The second-order valence-electron chi connectivity index (χ2n) is 8.65. The Kier molecular flexibility index (Phi) is 10.6. The molecule has 1 heterocycles. The summed E-state index contributed by atoms with van der Waals surface area (Å²) in [5.41, 5.74) is 1.12. The number of carbonyl (C=O) groups excluding carboxylic acids is 2. The van der Waals surface area contributed by atoms with E-state index < -0.39 is 5.41 Å². The van der Waals surface area contributed by atoms with Crippen molar-refractivity contribution in [2.45, 2.75) is 72.0 Å². The number of halogens is 1. The number of methoxy groups -OCH3 is 1. The van der Waals surface area contributed by atoms with Crippen LogP contribution in [0.1, 0.15) is 59.8 Å². The predicted molar refractivity (Wildman–Crippen MR) is 124 cm³/mol. The van der Waals surface area contributed by atoms with Crippen molar-refractivity contribution in [2.75, 3.05) is 13.7 Å². The first kappa shape index (κ1) is 25.9. The Morgan fingerprint density at radius 2 is 2.03 bits per heavy atom. The zero-order chi connectivity index (χ0) is 22.2. The lowest BCUT2D eigenvalue weighted by Crippen LogP contribution is -2.23. The number of hydrogen-bond acceptors (Lipinski definition) is 5. The van der Waals surface area contributed by atoms with E-state index in [-0.39, 0.29) is 30.1 Å². The fraction of sp³-hybridized carbons (Fsp3) is 0.652. The van der Waals surface area contributed by atoms with Gasteiger partial charge in [-0.15, -0.1) is 0 Å². The van der Waals surface area contributed by atoms with Gasteiger partial charge in [0.2, 0.25) is 0 Å². The van der Waals surface area contributed by atoms with E-state index >= 15 is 0 Å². The van der Waals surface area contributed by atoms with Crippen LogP contribution >= 0.6 is 22.6 Å². The average Bonchev–Trinajstić information content (AvgIpc) is 2.99. The van der Waals surface area contributed by atoms with E-state index in [1.807, 2.05) is 26.8 Å². The van der Waals surface area contributed by atoms with Gasteiger partial charge in [-0.2, -0.15) is 0 Å². The van der Waals surface area contributed by atoms with Crippen molar-refractivity contribution < 1.29 is 23.8 Å². The normalized spacial score (nSPS) is 21.0. The number of esters is 2. The molecule has 29 heavy (non-hydrogen) atoms. The van der Waals surface area contributed by atoms with Crippen LogP contribution in [0.5, 0.6) is 0 Å². The summed E-state index contributed by atoms with van der Waals surface area (Å²) in [6.45, 7) is 16.1. The van der Waals surface area contributed by atoms with E-state index in [4.69, 9.17) is 14.2 Å². The van der Waals surface area contributed by atoms with E-state index in [9.17, 15) is 9.59 Å². The molecule has 6 heteroatoms. The summed E-state index contributed by atoms with van der Waals surface area (Å²) in [5, 5.41) is 0. The van der Waals surface area contributed by atoms with Gasteiger partial charge in [0.25, 0.3) is 0 Å². The highest BCUT2D eigenvalue weighted by Gasteiger charge is 2.31. The number of ether oxygens (including phenoxy) is 3. The van der Waals surface area contributed by atoms with Crippen LogP contribution in [0.2, 0.25) is 0 Å². The summed E-state index contributed by atoms with van der Waals surface area (Å²) >= 11 is 2.21. The molecule has 0 radical (unpaired) electrons. The van der Waals surface area contributed by atoms with E-state index in [1.165, 1.54) is 7.11 Å². The zero-order valence-electron chi connectivity index (χ0n) is 18.4. The summed E-state index contributed by atoms with van der Waals surface area (Å²) in [7, 11) is 1.39. The van der Waals surface area contributed by atoms with Crippen LogP contribution in [-0.2, 0) is 23.8 Å². The van der Waals surface area contributed by atoms with Gasteiger partial charge in [0.15, 0.2) is 0 Å². The molecule has 0 aromatic heterocycles. The Hall–Kier alpha value is -1.15. The minimum Gasteiger partial charge on any atom is -0.466 e. The number of carbonyl (C=O) groups is 2. The SMILES string of the molecule is C=C(I)[C@H](C)C/C=C(\C[C@@H]1O[C@@H](CCCOC(=O)C(C)(C)C)CC1=C)C(=O)OC. The van der Waals surface area contributed by atoms with Gasteiger partial charge < -0.3 is 14.2 Å². The zero-order valence-corrected chi connectivity index (χ0v) is 20.5. The minimum absolute atomic E-state index is 0.0350. The molecule has 1 fully saturated rings. The first-order valence-corrected chi connectivity index (χ1v) is 11.2. The van der Waals surface area contributed by atoms with Crippen LogP contribution in [-0.4, -0.2) is 37.9 Å². The van der Waals surface area contributed by atoms with Gasteiger partial charge in [0, 0.05) is 12.0 Å². The van der Waals surface area contributed by atoms with Crippen LogP contribution in [0.4, 0.5) is 0 Å². The van der Waals surface area contributed by atoms with E-state index in [1.54, 1.807) is 0 Å². The van der Waals surface area contributed by atoms with Crippen LogP contribution in [0.3, 0.4) is 0 Å². The molecule has 0 unspecified atom stereocenters. The van der Waals surface area contributed by atoms with Crippen LogP contribution < -0.4 is 0 Å². The largest absolute Gasteiger partial charge is 0.466 e. The predicted octanol–water partition coefficient (Wildman–Crippen LogP) is 5.53. The molecule has 1 rings (SSSR count). The lowest BCUT2D eigenvalue weighted by Gasteiger charge is -2.17. The number of rotatable bonds is 10. The molecular weight excluding hydrogens is 483 g/mol. The van der Waals surface area contributed by atoms with E-state index in [0.29, 0.717) is 18.6 Å². The Labute approximate surface area is 189 Å². The van der Waals surface area contributed by atoms with Gasteiger partial charge in [0.1, 0.15) is 0 Å². The first-order valence-electron chi connectivity index (χ1n) is 10.1. The Morgan fingerprint density at radius 3 is 2.59 bits per heavy atom. The van der Waals surface area contributed by atoms with Crippen LogP contribution in [0.15, 0.2) is 34.0 Å². The molecule has 0 saturated carbocycles. The van der Waals surface area contributed by atoms with Crippen molar-refractivity contribution in [1.29, 1.82) is 0 Å². The van der Waals surface area contributed by atoms with Gasteiger partial charge in [-0.3, -0.25) is 4.79 Å². The van der Waals surface area contributed by atoms with Crippen molar-refractivity contribution in [2.24, 2.45) is 11.3 Å². The molecule has 0 amide bonds. The third-order valence-electron chi connectivity index (χ3n) is 4.92. The van der Waals surface area contributed by atoms with Gasteiger partial charge >= 0.3 is 11.9 Å². The molecule has 3 atom stereocenters. The molecule has 0 aromatic rings. The molecule has 1 aliphatic heterocycles. The topological polar surface area (TPSA) is 61.8 Å². The third-order valence-corrected chi connectivity index (χ3v) is 5.99. The van der Waals surface area contributed by atoms with E-state index in [0.717, 1.165) is 34.8 Å². The van der Waals surface area contributed by atoms with Crippen molar-refractivity contribution in [3.05, 3.63) is 34.0 Å². The molecule has 0 spiro atoms.